The van der Waals surface area contributed by atoms with Gasteiger partial charge in [-0.3, -0.25) is 4.79 Å². The predicted molar refractivity (Wildman–Crippen MR) is 164 cm³/mol. The van der Waals surface area contributed by atoms with Gasteiger partial charge in [-0.25, -0.2) is 4.98 Å². The fourth-order valence-electron chi connectivity index (χ4n) is 5.62. The van der Waals surface area contributed by atoms with Crippen molar-refractivity contribution in [2.75, 3.05) is 7.11 Å². The molecule has 0 spiro atoms. The Morgan fingerprint density at radius 2 is 1.59 bits per heavy atom. The summed E-state index contributed by atoms with van der Waals surface area (Å²) in [4.78, 5) is 20.8. The van der Waals surface area contributed by atoms with Crippen LogP contribution < -0.4 is 4.74 Å². The first-order valence-electron chi connectivity index (χ1n) is 13.6. The summed E-state index contributed by atoms with van der Waals surface area (Å²) in [5.41, 5.74) is 6.05. The summed E-state index contributed by atoms with van der Waals surface area (Å²) in [5.74, 6) is 1.46. The first-order valence-corrected chi connectivity index (χ1v) is 14.3. The number of carbonyl (C=O) groups excluding carboxylic acids is 1. The van der Waals surface area contributed by atoms with Crippen LogP contribution in [0, 0.1) is 0 Å². The lowest BCUT2D eigenvalue weighted by Gasteiger charge is -2.26. The molecule has 0 bridgehead atoms. The number of benzene rings is 4. The Labute approximate surface area is 249 Å². The number of rotatable bonds is 8. The number of hydrogen-bond donors (Lipinski definition) is 0. The Morgan fingerprint density at radius 3 is 2.27 bits per heavy atom. The summed E-state index contributed by atoms with van der Waals surface area (Å²) in [6.07, 6.45) is 3.72. The Balaban J connectivity index is 1.40. The van der Waals surface area contributed by atoms with Crippen molar-refractivity contribution < 1.29 is 9.53 Å². The summed E-state index contributed by atoms with van der Waals surface area (Å²) in [6, 6.07) is 31.7. The molecule has 0 N–H and O–H groups in total. The maximum absolute atomic E-state index is 14.1. The number of amides is 1. The second-order valence-electron chi connectivity index (χ2n) is 10.3. The molecule has 0 saturated heterocycles. The summed E-state index contributed by atoms with van der Waals surface area (Å²) < 4.78 is 7.66. The summed E-state index contributed by atoms with van der Waals surface area (Å²) in [7, 11) is 1.64. The van der Waals surface area contributed by atoms with Crippen molar-refractivity contribution in [3.05, 3.63) is 141 Å². The Bertz CT molecular complexity index is 1660. The van der Waals surface area contributed by atoms with Crippen molar-refractivity contribution in [3.8, 4) is 17.1 Å². The highest BCUT2D eigenvalue weighted by Gasteiger charge is 2.29. The van der Waals surface area contributed by atoms with E-state index in [2.05, 4.69) is 41.0 Å². The van der Waals surface area contributed by atoms with E-state index in [1.54, 1.807) is 25.3 Å². The van der Waals surface area contributed by atoms with Crippen LogP contribution in [0.25, 0.3) is 11.4 Å². The van der Waals surface area contributed by atoms with Crippen molar-refractivity contribution >= 4 is 29.1 Å². The zero-order valence-electron chi connectivity index (χ0n) is 22.6. The van der Waals surface area contributed by atoms with Crippen molar-refractivity contribution in [1.29, 1.82) is 0 Å². The molecular weight excluding hydrogens is 553 g/mol. The van der Waals surface area contributed by atoms with E-state index < -0.39 is 0 Å². The fourth-order valence-corrected chi connectivity index (χ4v) is 5.99. The van der Waals surface area contributed by atoms with Gasteiger partial charge in [-0.05, 0) is 59.9 Å². The molecule has 1 amide bonds. The standard InChI is InChI=1S/C34H29Cl2N3O2/c1-41-30-14-11-23(12-15-30)21-38(34(40)31-19-27(35)13-16-32(31)36)22-29-20-37-33(24-7-3-2-4-8-24)39(29)28-17-25-9-5-6-10-26(25)18-28/h2-16,19-20,28H,17-18,21-22H2,1H3. The third-order valence-electron chi connectivity index (χ3n) is 7.63. The van der Waals surface area contributed by atoms with Crippen LogP contribution in [0.5, 0.6) is 5.75 Å². The van der Waals surface area contributed by atoms with Crippen LogP contribution in [-0.4, -0.2) is 27.5 Å². The van der Waals surface area contributed by atoms with Gasteiger partial charge < -0.3 is 14.2 Å². The van der Waals surface area contributed by atoms with Gasteiger partial charge in [0.2, 0.25) is 0 Å². The van der Waals surface area contributed by atoms with Crippen LogP contribution in [0.3, 0.4) is 0 Å². The molecule has 7 heteroatoms. The molecule has 0 radical (unpaired) electrons. The number of halogens is 2. The van der Waals surface area contributed by atoms with E-state index in [-0.39, 0.29) is 11.9 Å². The fraction of sp³-hybridized carbons (Fsp3) is 0.176. The average molecular weight is 583 g/mol. The lowest BCUT2D eigenvalue weighted by Crippen LogP contribution is -2.32. The second kappa shape index (κ2) is 11.8. The molecule has 5 nitrogen and oxygen atoms in total. The minimum absolute atomic E-state index is 0.188. The lowest BCUT2D eigenvalue weighted by atomic mass is 10.1. The van der Waals surface area contributed by atoms with Gasteiger partial charge in [0.15, 0.2) is 0 Å². The van der Waals surface area contributed by atoms with E-state index in [1.165, 1.54) is 11.1 Å². The van der Waals surface area contributed by atoms with E-state index in [9.17, 15) is 4.79 Å². The Hall–Kier alpha value is -4.06. The summed E-state index contributed by atoms with van der Waals surface area (Å²) in [6.45, 7) is 0.725. The van der Waals surface area contributed by atoms with Gasteiger partial charge in [-0.2, -0.15) is 0 Å². The average Bonchev–Trinajstić information content (AvgIpc) is 3.62. The number of nitrogens with zero attached hydrogens (tertiary/aromatic N) is 3. The smallest absolute Gasteiger partial charge is 0.256 e. The van der Waals surface area contributed by atoms with E-state index >= 15 is 0 Å². The van der Waals surface area contributed by atoms with Crippen LogP contribution in [0.1, 0.15) is 38.8 Å². The Morgan fingerprint density at radius 1 is 0.902 bits per heavy atom. The molecule has 0 aliphatic heterocycles. The highest BCUT2D eigenvalue weighted by atomic mass is 35.5. The third kappa shape index (κ3) is 5.74. The molecule has 1 aromatic heterocycles. The molecule has 0 atom stereocenters. The molecular formula is C34H29Cl2N3O2. The number of aromatic nitrogens is 2. The van der Waals surface area contributed by atoms with Gasteiger partial charge in [0.1, 0.15) is 11.6 Å². The van der Waals surface area contributed by atoms with E-state index in [0.717, 1.165) is 41.2 Å². The number of carbonyl (C=O) groups is 1. The van der Waals surface area contributed by atoms with Crippen molar-refractivity contribution in [2.24, 2.45) is 0 Å². The molecule has 4 aromatic carbocycles. The maximum atomic E-state index is 14.1. The minimum atomic E-state index is -0.197. The van der Waals surface area contributed by atoms with Crippen molar-refractivity contribution in [1.82, 2.24) is 14.5 Å². The van der Waals surface area contributed by atoms with Crippen molar-refractivity contribution in [3.63, 3.8) is 0 Å². The number of fused-ring (bicyclic) bond motifs is 1. The zero-order chi connectivity index (χ0) is 28.3. The monoisotopic (exact) mass is 581 g/mol. The molecule has 6 rings (SSSR count). The number of imidazole rings is 1. The normalized spacial score (nSPS) is 12.8. The number of methoxy groups -OCH3 is 1. The van der Waals surface area contributed by atoms with Crippen LogP contribution in [0.2, 0.25) is 10.0 Å². The Kier molecular flexibility index (Phi) is 7.82. The molecule has 0 saturated carbocycles. The largest absolute Gasteiger partial charge is 0.497 e. The van der Waals surface area contributed by atoms with E-state index in [4.69, 9.17) is 32.9 Å². The SMILES string of the molecule is COc1ccc(CN(Cc2cnc(-c3ccccc3)n2C2Cc3ccccc3C2)C(=O)c2cc(Cl)ccc2Cl)cc1. The summed E-state index contributed by atoms with van der Waals surface area (Å²) in [5, 5.41) is 0.825. The molecule has 0 fully saturated rings. The molecule has 41 heavy (non-hydrogen) atoms. The van der Waals surface area contributed by atoms with Gasteiger partial charge >= 0.3 is 0 Å². The first-order chi connectivity index (χ1) is 20.0. The quantitative estimate of drug-likeness (QED) is 0.186. The van der Waals surface area contributed by atoms with E-state index in [0.29, 0.717) is 28.7 Å². The molecule has 5 aromatic rings. The van der Waals surface area contributed by atoms with Crippen LogP contribution in [-0.2, 0) is 25.9 Å². The van der Waals surface area contributed by atoms with Gasteiger partial charge in [0.05, 0.1) is 36.1 Å². The van der Waals surface area contributed by atoms with Gasteiger partial charge in [0, 0.05) is 23.2 Å². The number of hydrogen-bond acceptors (Lipinski definition) is 3. The topological polar surface area (TPSA) is 47.4 Å². The van der Waals surface area contributed by atoms with Gasteiger partial charge in [0.25, 0.3) is 5.91 Å². The minimum Gasteiger partial charge on any atom is -0.497 e. The zero-order valence-corrected chi connectivity index (χ0v) is 24.1. The highest BCUT2D eigenvalue weighted by molar-refractivity contribution is 6.35. The first kappa shape index (κ1) is 27.1. The molecule has 206 valence electrons. The summed E-state index contributed by atoms with van der Waals surface area (Å²) >= 11 is 12.8. The van der Waals surface area contributed by atoms with Crippen LogP contribution in [0.15, 0.2) is 103 Å². The van der Waals surface area contributed by atoms with Crippen LogP contribution in [0.4, 0.5) is 0 Å². The van der Waals surface area contributed by atoms with Crippen molar-refractivity contribution in [2.45, 2.75) is 32.0 Å². The van der Waals surface area contributed by atoms with Gasteiger partial charge in [-0.1, -0.05) is 89.9 Å². The van der Waals surface area contributed by atoms with E-state index in [1.807, 2.05) is 53.6 Å². The molecule has 0 unspecified atom stereocenters. The second-order valence-corrected chi connectivity index (χ2v) is 11.1. The number of ether oxygens (including phenoxy) is 1. The third-order valence-corrected chi connectivity index (χ3v) is 8.20. The highest BCUT2D eigenvalue weighted by Crippen LogP contribution is 2.35. The maximum Gasteiger partial charge on any atom is 0.256 e. The molecule has 1 heterocycles. The van der Waals surface area contributed by atoms with Crippen LogP contribution >= 0.6 is 23.2 Å². The van der Waals surface area contributed by atoms with Gasteiger partial charge in [-0.15, -0.1) is 0 Å². The molecule has 1 aliphatic rings. The molecule has 1 aliphatic carbocycles. The predicted octanol–water partition coefficient (Wildman–Crippen LogP) is 8.05. The lowest BCUT2D eigenvalue weighted by molar-refractivity contribution is 0.0725.